The maximum Gasteiger partial charge on any atom is 0.338 e. The number of esters is 1. The van der Waals surface area contributed by atoms with Crippen LogP contribution in [-0.4, -0.2) is 27.4 Å². The Morgan fingerprint density at radius 2 is 2.00 bits per heavy atom. The van der Waals surface area contributed by atoms with Crippen LogP contribution >= 0.6 is 24.0 Å². The van der Waals surface area contributed by atoms with Crippen LogP contribution in [0.25, 0.3) is 11.8 Å². The van der Waals surface area contributed by atoms with Gasteiger partial charge in [-0.05, 0) is 62.7 Å². The quantitative estimate of drug-likeness (QED) is 0.493. The summed E-state index contributed by atoms with van der Waals surface area (Å²) >= 11 is 6.30. The first kappa shape index (κ1) is 18.4. The minimum Gasteiger partial charge on any atom is -0.462 e. The number of hydrogen-bond acceptors (Lipinski definition) is 5. The van der Waals surface area contributed by atoms with E-state index in [0.717, 1.165) is 22.6 Å². The number of nitrogens with zero attached hydrogens (tertiary/aromatic N) is 1. The molecule has 1 aliphatic rings. The normalized spacial score (nSPS) is 15.4. The third-order valence-electron chi connectivity index (χ3n) is 4.04. The Labute approximate surface area is 161 Å². The second kappa shape index (κ2) is 7.47. The summed E-state index contributed by atoms with van der Waals surface area (Å²) in [5, 5.41) is 2.62. The standard InChI is InChI=1S/C19H18N2O3S2/c1-4-24-18(23)13-5-7-15(8-6-13)21-11(2)9-14(12(21)3)10-16-17(22)20-19(25)26-16/h5-10H,4H2,1-3H3,(H,20,22,25)/b16-10+. The van der Waals surface area contributed by atoms with Gasteiger partial charge in [-0.15, -0.1) is 0 Å². The lowest BCUT2D eigenvalue weighted by molar-refractivity contribution is -0.115. The van der Waals surface area contributed by atoms with Crippen LogP contribution in [0.4, 0.5) is 0 Å². The van der Waals surface area contributed by atoms with Crippen LogP contribution in [0.15, 0.2) is 35.2 Å². The molecular formula is C19H18N2O3S2. The molecule has 0 radical (unpaired) electrons. The van der Waals surface area contributed by atoms with Crippen molar-refractivity contribution in [3.63, 3.8) is 0 Å². The van der Waals surface area contributed by atoms with Gasteiger partial charge in [0.2, 0.25) is 0 Å². The molecule has 2 aromatic rings. The molecule has 0 atom stereocenters. The Bertz CT molecular complexity index is 927. The Morgan fingerprint density at radius 3 is 2.58 bits per heavy atom. The lowest BCUT2D eigenvalue weighted by atomic mass is 10.2. The van der Waals surface area contributed by atoms with Gasteiger partial charge < -0.3 is 14.6 Å². The number of rotatable bonds is 4. The van der Waals surface area contributed by atoms with E-state index in [1.54, 1.807) is 19.1 Å². The molecule has 2 heterocycles. The molecule has 1 aromatic carbocycles. The zero-order chi connectivity index (χ0) is 18.8. The van der Waals surface area contributed by atoms with Crippen LogP contribution in [0.5, 0.6) is 0 Å². The van der Waals surface area contributed by atoms with Gasteiger partial charge in [0.15, 0.2) is 0 Å². The van der Waals surface area contributed by atoms with E-state index in [-0.39, 0.29) is 11.9 Å². The highest BCUT2D eigenvalue weighted by atomic mass is 32.2. The summed E-state index contributed by atoms with van der Waals surface area (Å²) in [6.45, 7) is 6.13. The average molecular weight is 386 g/mol. The van der Waals surface area contributed by atoms with E-state index in [4.69, 9.17) is 17.0 Å². The lowest BCUT2D eigenvalue weighted by Gasteiger charge is -2.10. The van der Waals surface area contributed by atoms with Crippen molar-refractivity contribution in [2.24, 2.45) is 0 Å². The molecule has 1 aliphatic heterocycles. The summed E-state index contributed by atoms with van der Waals surface area (Å²) in [5.74, 6) is -0.491. The van der Waals surface area contributed by atoms with Gasteiger partial charge in [-0.3, -0.25) is 4.79 Å². The molecule has 1 fully saturated rings. The van der Waals surface area contributed by atoms with Crippen molar-refractivity contribution in [1.29, 1.82) is 0 Å². The fourth-order valence-corrected chi connectivity index (χ4v) is 3.89. The number of carbonyl (C=O) groups is 2. The molecule has 1 N–H and O–H groups in total. The fourth-order valence-electron chi connectivity index (χ4n) is 2.85. The second-order valence-corrected chi connectivity index (χ2v) is 7.50. The minimum absolute atomic E-state index is 0.163. The molecule has 0 spiro atoms. The smallest absolute Gasteiger partial charge is 0.338 e. The van der Waals surface area contributed by atoms with E-state index in [1.807, 2.05) is 38.1 Å². The molecule has 3 rings (SSSR count). The van der Waals surface area contributed by atoms with E-state index < -0.39 is 0 Å². The molecule has 26 heavy (non-hydrogen) atoms. The summed E-state index contributed by atoms with van der Waals surface area (Å²) in [6, 6.07) is 9.30. The average Bonchev–Trinajstić information content (AvgIpc) is 3.06. The molecule has 1 amide bonds. The Hall–Kier alpha value is -2.38. The molecule has 0 aliphatic carbocycles. The lowest BCUT2D eigenvalue weighted by Crippen LogP contribution is -2.17. The van der Waals surface area contributed by atoms with E-state index in [9.17, 15) is 9.59 Å². The van der Waals surface area contributed by atoms with Crippen molar-refractivity contribution in [2.45, 2.75) is 20.8 Å². The fraction of sp³-hybridized carbons (Fsp3) is 0.211. The van der Waals surface area contributed by atoms with Crippen molar-refractivity contribution >= 4 is 46.3 Å². The number of ether oxygens (including phenoxy) is 1. The largest absolute Gasteiger partial charge is 0.462 e. The van der Waals surface area contributed by atoms with Crippen molar-refractivity contribution in [1.82, 2.24) is 9.88 Å². The van der Waals surface area contributed by atoms with Gasteiger partial charge in [-0.1, -0.05) is 24.0 Å². The maximum atomic E-state index is 11.9. The van der Waals surface area contributed by atoms with E-state index in [2.05, 4.69) is 9.88 Å². The third kappa shape index (κ3) is 3.59. The van der Waals surface area contributed by atoms with Crippen LogP contribution < -0.4 is 5.32 Å². The first-order valence-electron chi connectivity index (χ1n) is 8.12. The van der Waals surface area contributed by atoms with E-state index in [0.29, 0.717) is 21.4 Å². The molecule has 0 bridgehead atoms. The highest BCUT2D eigenvalue weighted by Gasteiger charge is 2.23. The molecule has 1 aromatic heterocycles. The number of benzene rings is 1. The number of amides is 1. The van der Waals surface area contributed by atoms with Gasteiger partial charge in [0.1, 0.15) is 4.32 Å². The van der Waals surface area contributed by atoms with Gasteiger partial charge in [-0.25, -0.2) is 4.79 Å². The number of nitrogens with one attached hydrogen (secondary N) is 1. The SMILES string of the molecule is CCOC(=O)c1ccc(-n2c(C)cc(/C=C3/SC(=S)NC3=O)c2C)cc1. The molecule has 0 saturated carbocycles. The van der Waals surface area contributed by atoms with Gasteiger partial charge in [0, 0.05) is 17.1 Å². The predicted molar refractivity (Wildman–Crippen MR) is 108 cm³/mol. The van der Waals surface area contributed by atoms with E-state index in [1.165, 1.54) is 11.8 Å². The minimum atomic E-state index is -0.328. The monoisotopic (exact) mass is 386 g/mol. The first-order valence-corrected chi connectivity index (χ1v) is 9.34. The van der Waals surface area contributed by atoms with Gasteiger partial charge in [-0.2, -0.15) is 0 Å². The Kier molecular flexibility index (Phi) is 5.29. The van der Waals surface area contributed by atoms with Crippen LogP contribution in [0.1, 0.15) is 34.2 Å². The topological polar surface area (TPSA) is 60.3 Å². The molecule has 7 heteroatoms. The number of aryl methyl sites for hydroxylation is 1. The van der Waals surface area contributed by atoms with Gasteiger partial charge >= 0.3 is 5.97 Å². The predicted octanol–water partition coefficient (Wildman–Crippen LogP) is 3.76. The molecular weight excluding hydrogens is 368 g/mol. The Balaban J connectivity index is 1.93. The molecule has 1 saturated heterocycles. The molecule has 0 unspecified atom stereocenters. The highest BCUT2D eigenvalue weighted by Crippen LogP contribution is 2.29. The number of thioether (sulfide) groups is 1. The van der Waals surface area contributed by atoms with Crippen molar-refractivity contribution in [3.05, 3.63) is 57.8 Å². The van der Waals surface area contributed by atoms with Crippen molar-refractivity contribution < 1.29 is 14.3 Å². The second-order valence-electron chi connectivity index (χ2n) is 5.78. The van der Waals surface area contributed by atoms with Crippen molar-refractivity contribution in [2.75, 3.05) is 6.61 Å². The number of hydrogen-bond donors (Lipinski definition) is 1. The third-order valence-corrected chi connectivity index (χ3v) is 5.20. The zero-order valence-corrected chi connectivity index (χ0v) is 16.3. The van der Waals surface area contributed by atoms with Crippen LogP contribution in [0.3, 0.4) is 0 Å². The number of carbonyl (C=O) groups excluding carboxylic acids is 2. The highest BCUT2D eigenvalue weighted by molar-refractivity contribution is 8.26. The van der Waals surface area contributed by atoms with Gasteiger partial charge in [0.25, 0.3) is 5.91 Å². The van der Waals surface area contributed by atoms with Crippen LogP contribution in [0.2, 0.25) is 0 Å². The first-order chi connectivity index (χ1) is 12.4. The number of aromatic nitrogens is 1. The number of thiocarbonyl (C=S) groups is 1. The van der Waals surface area contributed by atoms with E-state index >= 15 is 0 Å². The summed E-state index contributed by atoms with van der Waals surface area (Å²) in [7, 11) is 0. The van der Waals surface area contributed by atoms with Crippen molar-refractivity contribution in [3.8, 4) is 5.69 Å². The maximum absolute atomic E-state index is 11.9. The molecule has 134 valence electrons. The summed E-state index contributed by atoms with van der Waals surface area (Å²) in [4.78, 5) is 24.3. The summed E-state index contributed by atoms with van der Waals surface area (Å²) in [5.41, 5.74) is 4.46. The molecule has 5 nitrogen and oxygen atoms in total. The Morgan fingerprint density at radius 1 is 1.31 bits per heavy atom. The summed E-state index contributed by atoms with van der Waals surface area (Å²) in [6.07, 6.45) is 1.85. The summed E-state index contributed by atoms with van der Waals surface area (Å²) < 4.78 is 7.57. The van der Waals surface area contributed by atoms with Crippen LogP contribution in [0, 0.1) is 13.8 Å². The zero-order valence-electron chi connectivity index (χ0n) is 14.7. The van der Waals surface area contributed by atoms with Gasteiger partial charge in [0.05, 0.1) is 17.1 Å². The van der Waals surface area contributed by atoms with Crippen LogP contribution in [-0.2, 0) is 9.53 Å².